The zero-order chi connectivity index (χ0) is 13.3. The minimum atomic E-state index is -1.21. The van der Waals surface area contributed by atoms with Crippen LogP contribution < -0.4 is 0 Å². The van der Waals surface area contributed by atoms with E-state index in [2.05, 4.69) is 0 Å². The van der Waals surface area contributed by atoms with Crippen molar-refractivity contribution in [2.75, 3.05) is 0 Å². The Balaban J connectivity index is 2.35. The van der Waals surface area contributed by atoms with Crippen LogP contribution in [0.2, 0.25) is 0 Å². The number of aliphatic hydroxyl groups is 1. The first kappa shape index (κ1) is 13.0. The molecule has 0 aliphatic heterocycles. The highest BCUT2D eigenvalue weighted by atomic mass is 127. The van der Waals surface area contributed by atoms with Crippen molar-refractivity contribution in [3.63, 3.8) is 0 Å². The number of carboxylic acid groups (broad SMARTS) is 1. The number of halogens is 2. The highest BCUT2D eigenvalue weighted by molar-refractivity contribution is 14.1. The third-order valence-corrected chi connectivity index (χ3v) is 3.30. The number of hydrogen-bond donors (Lipinski definition) is 2. The zero-order valence-corrected chi connectivity index (χ0v) is 11.1. The van der Waals surface area contributed by atoms with Crippen molar-refractivity contribution >= 4 is 28.6 Å². The lowest BCUT2D eigenvalue weighted by Gasteiger charge is -2.10. The van der Waals surface area contributed by atoms with Crippen LogP contribution in [-0.2, 0) is 0 Å². The minimum Gasteiger partial charge on any atom is -0.475 e. The summed E-state index contributed by atoms with van der Waals surface area (Å²) in [5.41, 5.74) is 0.461. The summed E-state index contributed by atoms with van der Waals surface area (Å²) in [6, 6.07) is 6.58. The Morgan fingerprint density at radius 3 is 2.61 bits per heavy atom. The lowest BCUT2D eigenvalue weighted by molar-refractivity contribution is 0.0655. The molecule has 1 unspecified atom stereocenters. The molecule has 0 aliphatic carbocycles. The molecule has 0 radical (unpaired) electrons. The lowest BCUT2D eigenvalue weighted by atomic mass is 10.1. The molecule has 18 heavy (non-hydrogen) atoms. The van der Waals surface area contributed by atoms with Gasteiger partial charge in [-0.2, -0.15) is 0 Å². The van der Waals surface area contributed by atoms with Crippen molar-refractivity contribution in [3.8, 4) is 0 Å². The molecule has 1 aromatic heterocycles. The summed E-state index contributed by atoms with van der Waals surface area (Å²) < 4.78 is 18.5. The third-order valence-electron chi connectivity index (χ3n) is 2.36. The molecule has 1 heterocycles. The fourth-order valence-corrected chi connectivity index (χ4v) is 2.26. The summed E-state index contributed by atoms with van der Waals surface area (Å²) in [4.78, 5) is 10.7. The molecular formula is C12H8FIO4. The Hall–Kier alpha value is -1.41. The maximum atomic E-state index is 12.9. The Morgan fingerprint density at radius 2 is 2.06 bits per heavy atom. The molecule has 0 spiro atoms. The number of carbonyl (C=O) groups is 1. The monoisotopic (exact) mass is 362 g/mol. The van der Waals surface area contributed by atoms with E-state index in [0.717, 1.165) is 0 Å². The van der Waals surface area contributed by atoms with Crippen molar-refractivity contribution in [2.45, 2.75) is 6.10 Å². The van der Waals surface area contributed by atoms with Gasteiger partial charge in [0.15, 0.2) is 0 Å². The van der Waals surface area contributed by atoms with Crippen LogP contribution in [0.15, 0.2) is 34.7 Å². The summed E-state index contributed by atoms with van der Waals surface area (Å²) in [6.45, 7) is 0. The average Bonchev–Trinajstić information content (AvgIpc) is 2.77. The van der Waals surface area contributed by atoms with Crippen LogP contribution in [0.4, 0.5) is 4.39 Å². The lowest BCUT2D eigenvalue weighted by Crippen LogP contribution is -2.01. The molecule has 2 N–H and O–H groups in total. The quantitative estimate of drug-likeness (QED) is 0.824. The van der Waals surface area contributed by atoms with Gasteiger partial charge in [-0.05, 0) is 46.9 Å². The molecular weight excluding hydrogens is 354 g/mol. The van der Waals surface area contributed by atoms with Crippen LogP contribution >= 0.6 is 22.6 Å². The highest BCUT2D eigenvalue weighted by Gasteiger charge is 2.19. The van der Waals surface area contributed by atoms with Crippen molar-refractivity contribution < 1.29 is 23.8 Å². The van der Waals surface area contributed by atoms with E-state index in [9.17, 15) is 14.3 Å². The van der Waals surface area contributed by atoms with Crippen LogP contribution in [-0.4, -0.2) is 16.2 Å². The Bertz CT molecular complexity index is 594. The predicted octanol–water partition coefficient (Wildman–Crippen LogP) is 2.80. The van der Waals surface area contributed by atoms with E-state index in [4.69, 9.17) is 9.52 Å². The van der Waals surface area contributed by atoms with Crippen molar-refractivity contribution in [1.29, 1.82) is 0 Å². The van der Waals surface area contributed by atoms with Gasteiger partial charge in [-0.15, -0.1) is 0 Å². The Labute approximate surface area is 115 Å². The second-order valence-electron chi connectivity index (χ2n) is 3.58. The van der Waals surface area contributed by atoms with E-state index in [-0.39, 0.29) is 11.5 Å². The first-order chi connectivity index (χ1) is 8.49. The third kappa shape index (κ3) is 2.54. The van der Waals surface area contributed by atoms with Crippen LogP contribution in [0.25, 0.3) is 0 Å². The molecule has 0 fully saturated rings. The number of aliphatic hydroxyl groups excluding tert-OH is 1. The molecule has 6 heteroatoms. The summed E-state index contributed by atoms with van der Waals surface area (Å²) in [7, 11) is 0. The van der Waals surface area contributed by atoms with Gasteiger partial charge in [-0.25, -0.2) is 9.18 Å². The molecule has 0 amide bonds. The molecule has 2 rings (SSSR count). The molecule has 0 saturated heterocycles. The normalized spacial score (nSPS) is 12.4. The standard InChI is InChI=1S/C12H8FIO4/c13-6-1-2-7(8(14)5-6)11(15)9-3-4-10(18-9)12(16)17/h1-5,11,15H,(H,16,17). The second-order valence-corrected chi connectivity index (χ2v) is 4.74. The van der Waals surface area contributed by atoms with Gasteiger partial charge in [-0.3, -0.25) is 0 Å². The van der Waals surface area contributed by atoms with Crippen molar-refractivity contribution in [3.05, 3.63) is 56.8 Å². The molecule has 0 aliphatic rings. The van der Waals surface area contributed by atoms with E-state index >= 15 is 0 Å². The minimum absolute atomic E-state index is 0.108. The zero-order valence-electron chi connectivity index (χ0n) is 8.93. The van der Waals surface area contributed by atoms with Gasteiger partial charge in [0.25, 0.3) is 0 Å². The summed E-state index contributed by atoms with van der Waals surface area (Å²) in [6.07, 6.45) is -1.12. The Morgan fingerprint density at radius 1 is 1.33 bits per heavy atom. The first-order valence-corrected chi connectivity index (χ1v) is 6.03. The summed E-state index contributed by atoms with van der Waals surface area (Å²) in [5, 5.41) is 18.8. The number of rotatable bonds is 3. The maximum Gasteiger partial charge on any atom is 0.371 e. The molecule has 94 valence electrons. The maximum absolute atomic E-state index is 12.9. The Kier molecular flexibility index (Phi) is 3.67. The molecule has 4 nitrogen and oxygen atoms in total. The molecule has 0 saturated carbocycles. The fraction of sp³-hybridized carbons (Fsp3) is 0.0833. The van der Waals surface area contributed by atoms with Gasteiger partial charge in [0.05, 0.1) is 0 Å². The molecule has 1 aromatic carbocycles. The molecule has 1 atom stereocenters. The fourth-order valence-electron chi connectivity index (χ4n) is 1.49. The number of hydrogen-bond acceptors (Lipinski definition) is 3. The largest absolute Gasteiger partial charge is 0.475 e. The van der Waals surface area contributed by atoms with Crippen molar-refractivity contribution in [1.82, 2.24) is 0 Å². The number of carboxylic acids is 1. The number of aromatic carboxylic acids is 1. The van der Waals surface area contributed by atoms with Gasteiger partial charge in [0.2, 0.25) is 5.76 Å². The highest BCUT2D eigenvalue weighted by Crippen LogP contribution is 2.28. The van der Waals surface area contributed by atoms with E-state index in [0.29, 0.717) is 9.13 Å². The van der Waals surface area contributed by atoms with E-state index in [1.807, 2.05) is 22.6 Å². The molecule has 0 bridgehead atoms. The number of furan rings is 1. The predicted molar refractivity (Wildman–Crippen MR) is 68.8 cm³/mol. The van der Waals surface area contributed by atoms with Crippen molar-refractivity contribution in [2.24, 2.45) is 0 Å². The van der Waals surface area contributed by atoms with Crippen LogP contribution in [0.5, 0.6) is 0 Å². The van der Waals surface area contributed by atoms with Gasteiger partial charge in [0, 0.05) is 9.13 Å². The van der Waals surface area contributed by atoms with Gasteiger partial charge in [-0.1, -0.05) is 6.07 Å². The smallest absolute Gasteiger partial charge is 0.371 e. The van der Waals surface area contributed by atoms with Gasteiger partial charge < -0.3 is 14.6 Å². The van der Waals surface area contributed by atoms with Crippen LogP contribution in [0.1, 0.15) is 28.0 Å². The summed E-state index contributed by atoms with van der Waals surface area (Å²) >= 11 is 1.89. The number of benzene rings is 1. The van der Waals surface area contributed by atoms with Crippen LogP contribution in [0, 0.1) is 9.39 Å². The topological polar surface area (TPSA) is 70.7 Å². The van der Waals surface area contributed by atoms with Crippen LogP contribution in [0.3, 0.4) is 0 Å². The van der Waals surface area contributed by atoms with Gasteiger partial charge >= 0.3 is 5.97 Å². The second kappa shape index (κ2) is 5.07. The summed E-state index contributed by atoms with van der Waals surface area (Å²) in [5.74, 6) is -1.75. The molecule has 2 aromatic rings. The van der Waals surface area contributed by atoms with E-state index < -0.39 is 17.9 Å². The first-order valence-electron chi connectivity index (χ1n) is 4.95. The van der Waals surface area contributed by atoms with Gasteiger partial charge in [0.1, 0.15) is 17.7 Å². The SMILES string of the molecule is O=C(O)c1ccc(C(O)c2ccc(F)cc2I)o1. The van der Waals surface area contributed by atoms with E-state index in [1.165, 1.54) is 30.3 Å². The average molecular weight is 362 g/mol. The van der Waals surface area contributed by atoms with E-state index in [1.54, 1.807) is 0 Å².